The Morgan fingerprint density at radius 1 is 1.20 bits per heavy atom. The van der Waals surface area contributed by atoms with Crippen LogP contribution in [0.15, 0.2) is 35.1 Å². The molecule has 2 fully saturated rings. The van der Waals surface area contributed by atoms with E-state index in [1.165, 1.54) is 7.11 Å². The molecule has 11 nitrogen and oxygen atoms in total. The van der Waals surface area contributed by atoms with Crippen LogP contribution in [0.4, 0.5) is 0 Å². The van der Waals surface area contributed by atoms with Crippen molar-refractivity contribution in [3.05, 3.63) is 52.0 Å². The van der Waals surface area contributed by atoms with Crippen molar-refractivity contribution in [2.75, 3.05) is 26.8 Å². The molecule has 1 unspecified atom stereocenters. The summed E-state index contributed by atoms with van der Waals surface area (Å²) in [6, 6.07) is 6.05. The number of aryl methyl sites for hydroxylation is 1. The second-order valence-electron chi connectivity index (χ2n) is 8.94. The normalized spacial score (nSPS) is 22.0. The minimum atomic E-state index is -0.519. The number of aromatic nitrogens is 6. The summed E-state index contributed by atoms with van der Waals surface area (Å²) in [5, 5.41) is 16.4. The van der Waals surface area contributed by atoms with E-state index in [1.807, 2.05) is 36.2 Å². The van der Waals surface area contributed by atoms with Crippen molar-refractivity contribution < 1.29 is 19.1 Å². The third-order valence-corrected chi connectivity index (χ3v) is 7.62. The molecule has 1 aromatic carbocycles. The Bertz CT molecular complexity index is 1240. The van der Waals surface area contributed by atoms with Gasteiger partial charge >= 0.3 is 5.97 Å². The van der Waals surface area contributed by atoms with Crippen LogP contribution >= 0.6 is 15.9 Å². The molecule has 5 rings (SSSR count). The number of carbonyl (C=O) groups excluding carboxylic acids is 2. The second-order valence-corrected chi connectivity index (χ2v) is 9.73. The number of methoxy groups -OCH3 is 1. The van der Waals surface area contributed by atoms with Crippen LogP contribution in [0.3, 0.4) is 0 Å². The third-order valence-electron chi connectivity index (χ3n) is 6.59. The van der Waals surface area contributed by atoms with Crippen LogP contribution in [-0.2, 0) is 20.7 Å². The molecule has 184 valence electrons. The number of hydrogen-bond acceptors (Lipinski definition) is 8. The van der Waals surface area contributed by atoms with E-state index < -0.39 is 5.97 Å². The third kappa shape index (κ3) is 4.85. The Morgan fingerprint density at radius 3 is 2.83 bits per heavy atom. The monoisotopic (exact) mass is 543 g/mol. The molecule has 1 amide bonds. The minimum Gasteiger partial charge on any atom is -0.464 e. The van der Waals surface area contributed by atoms with Gasteiger partial charge in [-0.05, 0) is 47.3 Å². The lowest BCUT2D eigenvalue weighted by molar-refractivity contribution is -0.147. The van der Waals surface area contributed by atoms with Crippen LogP contribution in [0, 0.1) is 12.8 Å². The lowest BCUT2D eigenvalue weighted by Gasteiger charge is -2.40. The summed E-state index contributed by atoms with van der Waals surface area (Å²) in [5.41, 5.74) is 3.03. The number of halogens is 1. The number of rotatable bonds is 6. The Balaban J connectivity index is 1.15. The first-order valence-corrected chi connectivity index (χ1v) is 12.3. The average molecular weight is 544 g/mol. The molecule has 0 bridgehead atoms. The standard InChI is InChI=1S/C23H26BrN7O4/c1-14-4-3-5-20(21(14)24)31-11-16(25-27-31)10-18-12-29(6-7-35-18)22(32)15-8-17(9-15)30-13-19(26-28-30)23(33)34-2/h3-5,11,13,15,17-18H,6-10,12H2,1-2H3. The number of hydrogen-bond donors (Lipinski definition) is 0. The fourth-order valence-corrected chi connectivity index (χ4v) is 4.96. The predicted octanol–water partition coefficient (Wildman–Crippen LogP) is 2.14. The van der Waals surface area contributed by atoms with Crippen LogP contribution in [0.1, 0.15) is 40.6 Å². The Labute approximate surface area is 210 Å². The number of esters is 1. The SMILES string of the molecule is COC(=O)c1cn(C2CC(C(=O)N3CCOC(Cc4cn(-c5cccc(C)c5Br)nn4)C3)C2)nn1. The van der Waals surface area contributed by atoms with Crippen LogP contribution in [0.25, 0.3) is 5.69 Å². The number of carbonyl (C=O) groups is 2. The molecule has 35 heavy (non-hydrogen) atoms. The van der Waals surface area contributed by atoms with E-state index in [-0.39, 0.29) is 29.7 Å². The first-order chi connectivity index (χ1) is 16.9. The molecule has 1 saturated carbocycles. The van der Waals surface area contributed by atoms with E-state index >= 15 is 0 Å². The van der Waals surface area contributed by atoms with Gasteiger partial charge in [0.05, 0.1) is 49.6 Å². The molecule has 3 heterocycles. The number of nitrogens with zero attached hydrogens (tertiary/aromatic N) is 7. The van der Waals surface area contributed by atoms with E-state index in [1.54, 1.807) is 15.6 Å². The Hall–Kier alpha value is -3.12. The zero-order valence-corrected chi connectivity index (χ0v) is 21.1. The molecule has 0 spiro atoms. The van der Waals surface area contributed by atoms with Gasteiger partial charge in [-0.15, -0.1) is 10.2 Å². The van der Waals surface area contributed by atoms with E-state index in [9.17, 15) is 9.59 Å². The van der Waals surface area contributed by atoms with Gasteiger partial charge < -0.3 is 14.4 Å². The predicted molar refractivity (Wildman–Crippen MR) is 127 cm³/mol. The van der Waals surface area contributed by atoms with Gasteiger partial charge in [0, 0.05) is 29.9 Å². The molecule has 0 radical (unpaired) electrons. The zero-order valence-electron chi connectivity index (χ0n) is 19.5. The fraction of sp³-hybridized carbons (Fsp3) is 0.478. The minimum absolute atomic E-state index is 0.0580. The Kier molecular flexibility index (Phi) is 6.65. The van der Waals surface area contributed by atoms with Gasteiger partial charge in [-0.1, -0.05) is 22.6 Å². The van der Waals surface area contributed by atoms with Crippen molar-refractivity contribution in [2.45, 2.75) is 38.3 Å². The summed E-state index contributed by atoms with van der Waals surface area (Å²) in [6.07, 6.45) is 5.27. The van der Waals surface area contributed by atoms with Gasteiger partial charge in [0.25, 0.3) is 0 Å². The van der Waals surface area contributed by atoms with Gasteiger partial charge in [0.2, 0.25) is 5.91 Å². The second kappa shape index (κ2) is 9.86. The fourth-order valence-electron chi connectivity index (χ4n) is 4.51. The van der Waals surface area contributed by atoms with E-state index in [4.69, 9.17) is 4.74 Å². The molecular weight excluding hydrogens is 518 g/mol. The highest BCUT2D eigenvalue weighted by Gasteiger charge is 2.40. The van der Waals surface area contributed by atoms with Crippen molar-refractivity contribution in [3.63, 3.8) is 0 Å². The van der Waals surface area contributed by atoms with Crippen molar-refractivity contribution in [3.8, 4) is 5.69 Å². The van der Waals surface area contributed by atoms with E-state index in [0.29, 0.717) is 39.0 Å². The quantitative estimate of drug-likeness (QED) is 0.434. The molecule has 1 aliphatic heterocycles. The number of ether oxygens (including phenoxy) is 2. The van der Waals surface area contributed by atoms with Crippen LogP contribution in [0.2, 0.25) is 0 Å². The molecule has 1 atom stereocenters. The highest BCUT2D eigenvalue weighted by molar-refractivity contribution is 9.10. The molecule has 1 aliphatic carbocycles. The topological polar surface area (TPSA) is 117 Å². The average Bonchev–Trinajstić information content (AvgIpc) is 3.50. The lowest BCUT2D eigenvalue weighted by Crippen LogP contribution is -2.50. The summed E-state index contributed by atoms with van der Waals surface area (Å²) in [5.74, 6) is -0.451. The smallest absolute Gasteiger partial charge is 0.360 e. The number of amides is 1. The molecule has 0 N–H and O–H groups in total. The van der Waals surface area contributed by atoms with Gasteiger partial charge in [-0.25, -0.2) is 14.2 Å². The van der Waals surface area contributed by atoms with Gasteiger partial charge in [-0.3, -0.25) is 4.79 Å². The highest BCUT2D eigenvalue weighted by atomic mass is 79.9. The molecule has 1 saturated heterocycles. The van der Waals surface area contributed by atoms with E-state index in [0.717, 1.165) is 21.4 Å². The molecule has 2 aromatic heterocycles. The number of benzene rings is 1. The maximum Gasteiger partial charge on any atom is 0.360 e. The number of morpholine rings is 1. The summed E-state index contributed by atoms with van der Waals surface area (Å²) < 4.78 is 15.0. The molecular formula is C23H26BrN7O4. The van der Waals surface area contributed by atoms with Crippen molar-refractivity contribution in [1.29, 1.82) is 0 Å². The first kappa shape index (κ1) is 23.6. The molecule has 3 aromatic rings. The van der Waals surface area contributed by atoms with Crippen LogP contribution < -0.4 is 0 Å². The summed E-state index contributed by atoms with van der Waals surface area (Å²) >= 11 is 3.62. The maximum atomic E-state index is 13.1. The lowest BCUT2D eigenvalue weighted by atomic mass is 9.79. The molecule has 12 heteroatoms. The molecule has 2 aliphatic rings. The first-order valence-electron chi connectivity index (χ1n) is 11.5. The van der Waals surface area contributed by atoms with Crippen LogP contribution in [-0.4, -0.2) is 79.7 Å². The maximum absolute atomic E-state index is 13.1. The van der Waals surface area contributed by atoms with Gasteiger partial charge in [-0.2, -0.15) is 0 Å². The van der Waals surface area contributed by atoms with Crippen LogP contribution in [0.5, 0.6) is 0 Å². The van der Waals surface area contributed by atoms with Crippen molar-refractivity contribution in [1.82, 2.24) is 34.9 Å². The van der Waals surface area contributed by atoms with Gasteiger partial charge in [0.1, 0.15) is 0 Å². The van der Waals surface area contributed by atoms with Crippen molar-refractivity contribution >= 4 is 27.8 Å². The zero-order chi connectivity index (χ0) is 24.5. The summed E-state index contributed by atoms with van der Waals surface area (Å²) in [6.45, 7) is 3.63. The van der Waals surface area contributed by atoms with Gasteiger partial charge in [0.15, 0.2) is 5.69 Å². The summed E-state index contributed by atoms with van der Waals surface area (Å²) in [4.78, 5) is 26.5. The van der Waals surface area contributed by atoms with E-state index in [2.05, 4.69) is 41.3 Å². The highest BCUT2D eigenvalue weighted by Crippen LogP contribution is 2.38. The largest absolute Gasteiger partial charge is 0.464 e. The van der Waals surface area contributed by atoms with Crippen molar-refractivity contribution in [2.24, 2.45) is 5.92 Å². The summed E-state index contributed by atoms with van der Waals surface area (Å²) in [7, 11) is 1.31. The Morgan fingerprint density at radius 2 is 2.03 bits per heavy atom.